The van der Waals surface area contributed by atoms with E-state index in [0.717, 1.165) is 19.4 Å². The summed E-state index contributed by atoms with van der Waals surface area (Å²) >= 11 is 1.21. The summed E-state index contributed by atoms with van der Waals surface area (Å²) in [6.07, 6.45) is 2.34. The van der Waals surface area contributed by atoms with Crippen LogP contribution in [0, 0.1) is 0 Å². The van der Waals surface area contributed by atoms with Gasteiger partial charge >= 0.3 is 11.9 Å². The Morgan fingerprint density at radius 3 is 2.37 bits per heavy atom. The Balaban J connectivity index is 0. The predicted octanol–water partition coefficient (Wildman–Crippen LogP) is -0.451. The number of carboxylic acid groups (broad SMARTS) is 2. The lowest BCUT2D eigenvalue weighted by atomic mass is 10.1. The van der Waals surface area contributed by atoms with Crippen LogP contribution in [0.5, 0.6) is 0 Å². The van der Waals surface area contributed by atoms with Gasteiger partial charge in [-0.1, -0.05) is 6.42 Å². The van der Waals surface area contributed by atoms with Crippen molar-refractivity contribution in [3.63, 3.8) is 0 Å². The third kappa shape index (κ3) is 15.1. The highest BCUT2D eigenvalue weighted by Gasteiger charge is 2.09. The van der Waals surface area contributed by atoms with Crippen LogP contribution in [0.3, 0.4) is 0 Å². The van der Waals surface area contributed by atoms with Crippen LogP contribution in [0.2, 0.25) is 0 Å². The van der Waals surface area contributed by atoms with Crippen molar-refractivity contribution in [1.82, 2.24) is 5.32 Å². The Hall–Kier alpha value is -0.830. The lowest BCUT2D eigenvalue weighted by Crippen LogP contribution is -2.32. The summed E-state index contributed by atoms with van der Waals surface area (Å²) in [5.74, 6) is -1.63. The van der Waals surface area contributed by atoms with Crippen molar-refractivity contribution in [2.24, 2.45) is 11.5 Å². The molecule has 0 aromatic rings. The van der Waals surface area contributed by atoms with Crippen LogP contribution in [0.15, 0.2) is 0 Å². The number of unbranched alkanes of at least 4 members (excludes halogenated alkanes) is 1. The molecule has 7 N–H and O–H groups in total. The Kier molecular flexibility index (Phi) is 11.6. The van der Waals surface area contributed by atoms with Crippen LogP contribution in [-0.4, -0.2) is 59.8 Å². The van der Waals surface area contributed by atoms with Crippen molar-refractivity contribution in [3.05, 3.63) is 0 Å². The molecule has 0 bridgehead atoms. The van der Waals surface area contributed by atoms with Crippen molar-refractivity contribution >= 4 is 23.7 Å². The lowest BCUT2D eigenvalue weighted by Gasteiger charge is -2.04. The molecule has 0 rings (SSSR count). The summed E-state index contributed by atoms with van der Waals surface area (Å²) in [4.78, 5) is 20.3. The summed E-state index contributed by atoms with van der Waals surface area (Å²) < 4.78 is 13.4. The van der Waals surface area contributed by atoms with E-state index >= 15 is 0 Å². The number of carboxylic acids is 2. The van der Waals surface area contributed by atoms with Gasteiger partial charge in [0.05, 0.1) is 0 Å². The maximum Gasteiger partial charge on any atom is 0.321 e. The fourth-order valence-electron chi connectivity index (χ4n) is 0.936. The van der Waals surface area contributed by atoms with Crippen LogP contribution in [0.1, 0.15) is 22.0 Å². The van der Waals surface area contributed by atoms with E-state index < -0.39 is 24.0 Å². The fraction of sp³-hybridized carbons (Fsp3) is 0.818. The summed E-state index contributed by atoms with van der Waals surface area (Å²) in [7, 11) is 0.213. The summed E-state index contributed by atoms with van der Waals surface area (Å²) in [5, 5.41) is 19.5. The zero-order valence-corrected chi connectivity index (χ0v) is 11.7. The van der Waals surface area contributed by atoms with Gasteiger partial charge in [-0.15, -0.1) is 0 Å². The number of thioether (sulfide) groups is 1. The van der Waals surface area contributed by atoms with E-state index in [0.29, 0.717) is 12.2 Å². The number of hydrogen-bond acceptors (Lipinski definition) is 6. The molecule has 8 heteroatoms. The minimum atomic E-state index is -1.00. The predicted molar refractivity (Wildman–Crippen MR) is 77.4 cm³/mol. The average molecular weight is 297 g/mol. The van der Waals surface area contributed by atoms with E-state index in [1.54, 1.807) is 0 Å². The summed E-state index contributed by atoms with van der Waals surface area (Å²) in [5.41, 5.74) is 10.4. The number of rotatable bonds is 9. The molecule has 0 unspecified atom stereocenters. The van der Waals surface area contributed by atoms with Crippen molar-refractivity contribution in [2.75, 3.05) is 25.6 Å². The van der Waals surface area contributed by atoms with Gasteiger partial charge in [0, 0.05) is 8.49 Å². The lowest BCUT2D eigenvalue weighted by molar-refractivity contribution is -0.139. The van der Waals surface area contributed by atoms with Crippen LogP contribution < -0.4 is 16.8 Å². The van der Waals surface area contributed by atoms with Crippen LogP contribution in [0.4, 0.5) is 0 Å². The highest BCUT2D eigenvalue weighted by atomic mass is 32.2. The number of carbonyl (C=O) groups is 2. The first-order valence-electron chi connectivity index (χ1n) is 7.11. The Labute approximate surface area is 120 Å². The molecule has 0 aliphatic rings. The van der Waals surface area contributed by atoms with Gasteiger partial charge in [-0.25, -0.2) is 0 Å². The molecule has 19 heavy (non-hydrogen) atoms. The molecule has 114 valence electrons. The normalized spacial score (nSPS) is 14.4. The highest BCUT2D eigenvalue weighted by Crippen LogP contribution is 1.97. The quantitative estimate of drug-likeness (QED) is 0.361. The SMILES string of the molecule is [2H]CNCCCC[C@H](N)C(=O)O.[2H]CSC[C@H](N)C(=O)O. The van der Waals surface area contributed by atoms with Crippen molar-refractivity contribution in [3.8, 4) is 0 Å². The number of aliphatic carboxylic acids is 2. The number of nitrogens with one attached hydrogen (secondary N) is 1. The monoisotopic (exact) mass is 297 g/mol. The third-order valence-electron chi connectivity index (χ3n) is 2.05. The number of nitrogens with two attached hydrogens (primary N) is 2. The van der Waals surface area contributed by atoms with Gasteiger partial charge in [-0.2, -0.15) is 11.8 Å². The molecule has 0 heterocycles. The van der Waals surface area contributed by atoms with E-state index in [9.17, 15) is 9.59 Å². The van der Waals surface area contributed by atoms with Gasteiger partial charge in [0.2, 0.25) is 0 Å². The molecule has 0 amide bonds. The molecule has 0 aliphatic carbocycles. The maximum atomic E-state index is 10.2. The fourth-order valence-corrected chi connectivity index (χ4v) is 1.33. The third-order valence-corrected chi connectivity index (χ3v) is 2.65. The second-order valence-corrected chi connectivity index (χ2v) is 4.50. The average Bonchev–Trinajstić information content (AvgIpc) is 2.44. The topological polar surface area (TPSA) is 139 Å². The summed E-state index contributed by atoms with van der Waals surface area (Å²) in [6, 6.07) is -1.55. The van der Waals surface area contributed by atoms with Gasteiger partial charge in [0.15, 0.2) is 0 Å². The Morgan fingerprint density at radius 2 is 1.89 bits per heavy atom. The maximum absolute atomic E-state index is 10.2. The van der Waals surface area contributed by atoms with Crippen molar-refractivity contribution in [1.29, 1.82) is 0 Å². The first-order chi connectivity index (χ1) is 9.86. The van der Waals surface area contributed by atoms with Gasteiger partial charge < -0.3 is 27.0 Å². The zero-order chi connectivity index (χ0) is 16.7. The molecule has 0 spiro atoms. The molecule has 7 nitrogen and oxygen atoms in total. The minimum Gasteiger partial charge on any atom is -0.480 e. The van der Waals surface area contributed by atoms with E-state index in [-0.39, 0.29) is 13.3 Å². The molecule has 0 saturated heterocycles. The molecule has 0 aromatic carbocycles. The van der Waals surface area contributed by atoms with E-state index in [1.165, 1.54) is 11.8 Å². The van der Waals surface area contributed by atoms with Crippen LogP contribution >= 0.6 is 11.8 Å². The van der Waals surface area contributed by atoms with Gasteiger partial charge in [0.1, 0.15) is 12.1 Å². The molecule has 0 saturated carbocycles. The minimum absolute atomic E-state index is 0.168. The van der Waals surface area contributed by atoms with Gasteiger partial charge in [0.25, 0.3) is 0 Å². The zero-order valence-electron chi connectivity index (χ0n) is 12.9. The second kappa shape index (κ2) is 13.6. The highest BCUT2D eigenvalue weighted by molar-refractivity contribution is 7.98. The van der Waals surface area contributed by atoms with E-state index in [4.69, 9.17) is 24.4 Å². The largest absolute Gasteiger partial charge is 0.480 e. The van der Waals surface area contributed by atoms with Crippen molar-refractivity contribution in [2.45, 2.75) is 31.3 Å². The van der Waals surface area contributed by atoms with Crippen LogP contribution in [0.25, 0.3) is 0 Å². The number of hydrogen-bond donors (Lipinski definition) is 5. The molecule has 0 radical (unpaired) electrons. The molecule has 2 atom stereocenters. The molecule has 0 fully saturated rings. The Morgan fingerprint density at radius 1 is 1.26 bits per heavy atom. The van der Waals surface area contributed by atoms with Gasteiger partial charge in [-0.05, 0) is 32.6 Å². The first-order valence-corrected chi connectivity index (χ1v) is 6.86. The van der Waals surface area contributed by atoms with Crippen LogP contribution in [-0.2, 0) is 9.59 Å². The standard InChI is InChI=1S/C7H16N2O2.C4H9NO2S/c1-9-5-3-2-4-6(8)7(10)11;1-8-2-3(5)4(6)7/h6,9H,2-5,8H2,1H3,(H,10,11);3H,2,5H2,1H3,(H,6,7)/t6-;3-/m00/s1/i2*1D. The van der Waals surface area contributed by atoms with E-state index in [2.05, 4.69) is 5.32 Å². The first kappa shape index (κ1) is 16.2. The molecule has 0 aromatic heterocycles. The molecule has 0 aliphatic heterocycles. The molecular formula is C11H25N3O4S. The smallest absolute Gasteiger partial charge is 0.321 e. The van der Waals surface area contributed by atoms with E-state index in [1.807, 2.05) is 0 Å². The second-order valence-electron chi connectivity index (χ2n) is 3.76. The van der Waals surface area contributed by atoms with Gasteiger partial charge in [-0.3, -0.25) is 9.59 Å². The Bertz CT molecular complexity index is 288. The summed E-state index contributed by atoms with van der Waals surface area (Å²) in [6.45, 7) is 0.760. The van der Waals surface area contributed by atoms with Crippen molar-refractivity contribution < 1.29 is 22.5 Å². The molecular weight excluding hydrogens is 270 g/mol.